The Kier molecular flexibility index (Phi) is 11.3. The van der Waals surface area contributed by atoms with E-state index in [1.165, 1.54) is 23.8 Å². The highest BCUT2D eigenvalue weighted by molar-refractivity contribution is 5.89. The minimum atomic E-state index is -0.332. The predicted octanol–water partition coefficient (Wildman–Crippen LogP) is 7.52. The van der Waals surface area contributed by atoms with Crippen LogP contribution in [0.15, 0.2) is 103 Å². The molecule has 4 rings (SSSR count). The molecule has 0 aliphatic heterocycles. The summed E-state index contributed by atoms with van der Waals surface area (Å²) in [5, 5.41) is 0. The lowest BCUT2D eigenvalue weighted by atomic mass is 10.0. The average Bonchev–Trinajstić information content (AvgIpc) is 3.01. The van der Waals surface area contributed by atoms with E-state index in [0.717, 1.165) is 55.8 Å². The molecular weight excluding hydrogens is 510 g/mol. The van der Waals surface area contributed by atoms with Crippen molar-refractivity contribution in [3.63, 3.8) is 0 Å². The number of ketones is 1. The Morgan fingerprint density at radius 3 is 2.07 bits per heavy atom. The van der Waals surface area contributed by atoms with E-state index in [1.54, 1.807) is 6.92 Å². The van der Waals surface area contributed by atoms with Gasteiger partial charge in [-0.3, -0.25) is 4.90 Å². The summed E-state index contributed by atoms with van der Waals surface area (Å²) in [4.78, 5) is 25.6. The van der Waals surface area contributed by atoms with Gasteiger partial charge in [0.2, 0.25) is 0 Å². The van der Waals surface area contributed by atoms with Gasteiger partial charge in [0.15, 0.2) is 0 Å². The normalized spacial score (nSPS) is 10.9. The molecule has 0 saturated carbocycles. The van der Waals surface area contributed by atoms with Gasteiger partial charge in [-0.2, -0.15) is 0 Å². The predicted molar refractivity (Wildman–Crippen MR) is 164 cm³/mol. The van der Waals surface area contributed by atoms with E-state index in [4.69, 9.17) is 9.47 Å². The van der Waals surface area contributed by atoms with Crippen molar-refractivity contribution in [2.75, 3.05) is 20.2 Å². The van der Waals surface area contributed by atoms with E-state index >= 15 is 0 Å². The molecule has 0 saturated heterocycles. The lowest BCUT2D eigenvalue weighted by molar-refractivity contribution is -0.117. The first-order chi connectivity index (χ1) is 20.0. The van der Waals surface area contributed by atoms with Crippen LogP contribution in [0.25, 0.3) is 11.1 Å². The zero-order chi connectivity index (χ0) is 28.9. The molecule has 0 heterocycles. The molecule has 0 amide bonds. The zero-order valence-corrected chi connectivity index (χ0v) is 24.1. The first-order valence-corrected chi connectivity index (χ1v) is 14.3. The van der Waals surface area contributed by atoms with Gasteiger partial charge in [-0.15, -0.1) is 0 Å². The minimum absolute atomic E-state index is 0.232. The van der Waals surface area contributed by atoms with Crippen LogP contribution in [0.2, 0.25) is 0 Å². The fourth-order valence-corrected chi connectivity index (χ4v) is 4.82. The molecule has 41 heavy (non-hydrogen) atoms. The van der Waals surface area contributed by atoms with Crippen LogP contribution in [0.5, 0.6) is 5.75 Å². The summed E-state index contributed by atoms with van der Waals surface area (Å²) in [5.74, 6) is 0.802. The van der Waals surface area contributed by atoms with E-state index in [-0.39, 0.29) is 11.8 Å². The number of rotatable bonds is 15. The largest absolute Gasteiger partial charge is 0.489 e. The molecule has 5 heteroatoms. The molecule has 0 aromatic heterocycles. The number of hydrogen-bond acceptors (Lipinski definition) is 5. The van der Waals surface area contributed by atoms with Gasteiger partial charge in [0, 0.05) is 19.5 Å². The molecule has 212 valence electrons. The minimum Gasteiger partial charge on any atom is -0.489 e. The second-order valence-corrected chi connectivity index (χ2v) is 10.3. The summed E-state index contributed by atoms with van der Waals surface area (Å²) in [6.07, 6.45) is 3.30. The highest BCUT2D eigenvalue weighted by Gasteiger charge is 2.11. The van der Waals surface area contributed by atoms with Crippen molar-refractivity contribution < 1.29 is 19.1 Å². The number of nitrogens with zero attached hydrogens (tertiary/aromatic N) is 1. The highest BCUT2D eigenvalue weighted by Crippen LogP contribution is 2.23. The van der Waals surface area contributed by atoms with Crippen molar-refractivity contribution in [2.45, 2.75) is 45.8 Å². The fourth-order valence-electron chi connectivity index (χ4n) is 4.82. The Labute approximate surface area is 243 Å². The number of para-hydroxylation sites is 1. The maximum atomic E-state index is 11.8. The lowest BCUT2D eigenvalue weighted by Crippen LogP contribution is -2.27. The molecule has 0 unspecified atom stereocenters. The van der Waals surface area contributed by atoms with Crippen LogP contribution in [-0.2, 0) is 29.1 Å². The smallest absolute Gasteiger partial charge is 0.337 e. The van der Waals surface area contributed by atoms with Gasteiger partial charge >= 0.3 is 5.97 Å². The van der Waals surface area contributed by atoms with Crippen molar-refractivity contribution >= 4 is 11.8 Å². The second kappa shape index (κ2) is 15.5. The van der Waals surface area contributed by atoms with Crippen LogP contribution in [0.1, 0.15) is 53.2 Å². The Balaban J connectivity index is 1.37. The van der Waals surface area contributed by atoms with Crippen LogP contribution in [0.4, 0.5) is 0 Å². The molecule has 4 aromatic carbocycles. The Bertz CT molecular complexity index is 1380. The number of carbonyl (C=O) groups is 2. The van der Waals surface area contributed by atoms with Gasteiger partial charge in [-0.05, 0) is 78.7 Å². The molecule has 0 atom stereocenters. The van der Waals surface area contributed by atoms with Crippen molar-refractivity contribution in [1.29, 1.82) is 0 Å². The summed E-state index contributed by atoms with van der Waals surface area (Å²) in [7, 11) is 1.39. The zero-order valence-electron chi connectivity index (χ0n) is 24.1. The summed E-state index contributed by atoms with van der Waals surface area (Å²) in [5.41, 5.74) is 6.37. The van der Waals surface area contributed by atoms with Gasteiger partial charge in [0.05, 0.1) is 12.7 Å². The molecular formula is C36H39NO4. The molecule has 0 bridgehead atoms. The standard InChI is InChI=1S/C36H39NO4/c1-28(38)10-8-9-24-37(26-29-15-21-34(22-16-29)36(39)40-2)25-23-33-13-6-7-14-35(33)41-27-30-17-19-32(20-18-30)31-11-4-3-5-12-31/h3-7,11-22H,8-10,23-27H2,1-2H3. The third-order valence-electron chi connectivity index (χ3n) is 7.16. The molecule has 0 aliphatic rings. The van der Waals surface area contributed by atoms with Gasteiger partial charge in [-0.1, -0.05) is 84.9 Å². The van der Waals surface area contributed by atoms with E-state index in [9.17, 15) is 9.59 Å². The number of benzene rings is 4. The topological polar surface area (TPSA) is 55.8 Å². The average molecular weight is 550 g/mol. The highest BCUT2D eigenvalue weighted by atomic mass is 16.5. The number of unbranched alkanes of at least 4 members (excludes halogenated alkanes) is 1. The first-order valence-electron chi connectivity index (χ1n) is 14.3. The first kappa shape index (κ1) is 29.8. The molecule has 0 aliphatic carbocycles. The number of Topliss-reactive ketones (excluding diaryl/α,β-unsaturated/α-hetero) is 1. The number of methoxy groups -OCH3 is 1. The van der Waals surface area contributed by atoms with Crippen molar-refractivity contribution in [3.8, 4) is 16.9 Å². The van der Waals surface area contributed by atoms with Crippen LogP contribution < -0.4 is 4.74 Å². The molecule has 5 nitrogen and oxygen atoms in total. The van der Waals surface area contributed by atoms with Gasteiger partial charge in [-0.25, -0.2) is 4.79 Å². The van der Waals surface area contributed by atoms with Gasteiger partial charge in [0.25, 0.3) is 0 Å². The number of hydrogen-bond donors (Lipinski definition) is 0. The summed E-state index contributed by atoms with van der Waals surface area (Å²) in [6, 6.07) is 34.7. The number of carbonyl (C=O) groups excluding carboxylic acids is 2. The third kappa shape index (κ3) is 9.44. The molecule has 4 aromatic rings. The molecule has 0 spiro atoms. The van der Waals surface area contributed by atoms with Crippen LogP contribution in [0.3, 0.4) is 0 Å². The maximum absolute atomic E-state index is 11.8. The summed E-state index contributed by atoms with van der Waals surface area (Å²) < 4.78 is 11.1. The van der Waals surface area contributed by atoms with Gasteiger partial charge in [0.1, 0.15) is 18.1 Å². The van der Waals surface area contributed by atoms with Crippen LogP contribution in [-0.4, -0.2) is 36.9 Å². The molecule has 0 fully saturated rings. The number of esters is 1. The Hall–Kier alpha value is -4.22. The maximum Gasteiger partial charge on any atom is 0.337 e. The summed E-state index contributed by atoms with van der Waals surface area (Å²) in [6.45, 7) is 4.66. The Morgan fingerprint density at radius 1 is 0.707 bits per heavy atom. The monoisotopic (exact) mass is 549 g/mol. The molecule has 0 N–H and O–H groups in total. The molecule has 0 radical (unpaired) electrons. The van der Waals surface area contributed by atoms with Crippen molar-refractivity contribution in [1.82, 2.24) is 4.90 Å². The van der Waals surface area contributed by atoms with Crippen molar-refractivity contribution in [2.24, 2.45) is 0 Å². The van der Waals surface area contributed by atoms with Gasteiger partial charge < -0.3 is 14.3 Å². The van der Waals surface area contributed by atoms with E-state index in [0.29, 0.717) is 18.6 Å². The van der Waals surface area contributed by atoms with Crippen molar-refractivity contribution in [3.05, 3.63) is 125 Å². The quantitative estimate of drug-likeness (QED) is 0.113. The summed E-state index contributed by atoms with van der Waals surface area (Å²) >= 11 is 0. The fraction of sp³-hybridized carbons (Fsp3) is 0.278. The van der Waals surface area contributed by atoms with E-state index in [2.05, 4.69) is 65.6 Å². The number of ether oxygens (including phenoxy) is 2. The second-order valence-electron chi connectivity index (χ2n) is 10.3. The van der Waals surface area contributed by atoms with Crippen LogP contribution in [0, 0.1) is 0 Å². The third-order valence-corrected chi connectivity index (χ3v) is 7.16. The van der Waals surface area contributed by atoms with E-state index in [1.807, 2.05) is 42.5 Å². The Morgan fingerprint density at radius 2 is 1.37 bits per heavy atom. The SMILES string of the molecule is COC(=O)c1ccc(CN(CCCCC(C)=O)CCc2ccccc2OCc2ccc(-c3ccccc3)cc2)cc1. The van der Waals surface area contributed by atoms with Crippen LogP contribution >= 0.6 is 0 Å². The lowest BCUT2D eigenvalue weighted by Gasteiger charge is -2.23. The van der Waals surface area contributed by atoms with E-state index < -0.39 is 0 Å².